The molecule has 1 aromatic rings. The predicted molar refractivity (Wildman–Crippen MR) is 88.8 cm³/mol. The molecule has 1 N–H and O–H groups in total. The highest BCUT2D eigenvalue weighted by atomic mass is 19.1. The van der Waals surface area contributed by atoms with Crippen LogP contribution < -0.4 is 10.1 Å². The summed E-state index contributed by atoms with van der Waals surface area (Å²) in [5.41, 5.74) is 0.824. The lowest BCUT2D eigenvalue weighted by Gasteiger charge is -2.30. The standard InChI is InChI=1S/C18H27FN2O2/c1-13-6-4-5-7-16(13)20-18(22)12-21(2)11-14-8-9-17(23-3)15(19)10-14/h8-10,13,16H,4-7,11-12H2,1-3H3,(H,20,22)/t13-,16-/m1/s1. The summed E-state index contributed by atoms with van der Waals surface area (Å²) >= 11 is 0. The molecule has 2 rings (SSSR count). The van der Waals surface area contributed by atoms with Crippen molar-refractivity contribution in [2.45, 2.75) is 45.2 Å². The first-order valence-electron chi connectivity index (χ1n) is 8.30. The zero-order valence-corrected chi connectivity index (χ0v) is 14.3. The molecule has 0 unspecified atom stereocenters. The first-order valence-corrected chi connectivity index (χ1v) is 8.30. The number of halogens is 1. The van der Waals surface area contributed by atoms with E-state index < -0.39 is 0 Å². The Hall–Kier alpha value is -1.62. The predicted octanol–water partition coefficient (Wildman–Crippen LogP) is 2.96. The van der Waals surface area contributed by atoms with E-state index in [1.807, 2.05) is 18.0 Å². The Balaban J connectivity index is 1.82. The van der Waals surface area contributed by atoms with E-state index in [4.69, 9.17) is 4.74 Å². The summed E-state index contributed by atoms with van der Waals surface area (Å²) in [6.45, 7) is 3.04. The summed E-state index contributed by atoms with van der Waals surface area (Å²) in [5.74, 6) is 0.452. The maximum atomic E-state index is 13.7. The number of methoxy groups -OCH3 is 1. The summed E-state index contributed by atoms with van der Waals surface area (Å²) in [6.07, 6.45) is 4.71. The normalized spacial score (nSPS) is 21.3. The fourth-order valence-electron chi connectivity index (χ4n) is 3.20. The number of carbonyl (C=O) groups excluding carboxylic acids is 1. The van der Waals surface area contributed by atoms with Crippen LogP contribution in [0.5, 0.6) is 5.75 Å². The maximum Gasteiger partial charge on any atom is 0.234 e. The number of ether oxygens (including phenoxy) is 1. The van der Waals surface area contributed by atoms with Gasteiger partial charge in [0.15, 0.2) is 11.6 Å². The number of benzene rings is 1. The van der Waals surface area contributed by atoms with Gasteiger partial charge in [0.25, 0.3) is 0 Å². The lowest BCUT2D eigenvalue weighted by atomic mass is 9.86. The number of likely N-dealkylation sites (N-methyl/N-ethyl adjacent to an activating group) is 1. The molecule has 5 heteroatoms. The zero-order valence-electron chi connectivity index (χ0n) is 14.3. The van der Waals surface area contributed by atoms with Crippen LogP contribution in [0.3, 0.4) is 0 Å². The van der Waals surface area contributed by atoms with Gasteiger partial charge in [-0.2, -0.15) is 0 Å². The molecular formula is C18H27FN2O2. The zero-order chi connectivity index (χ0) is 16.8. The van der Waals surface area contributed by atoms with Crippen molar-refractivity contribution < 1.29 is 13.9 Å². The van der Waals surface area contributed by atoms with Gasteiger partial charge in [-0.1, -0.05) is 25.8 Å². The average molecular weight is 322 g/mol. The van der Waals surface area contributed by atoms with Crippen molar-refractivity contribution in [3.05, 3.63) is 29.6 Å². The van der Waals surface area contributed by atoms with Gasteiger partial charge in [0, 0.05) is 12.6 Å². The number of rotatable bonds is 6. The fourth-order valence-corrected chi connectivity index (χ4v) is 3.20. The molecule has 128 valence electrons. The van der Waals surface area contributed by atoms with Crippen LogP contribution in [0.1, 0.15) is 38.2 Å². The molecule has 1 fully saturated rings. The highest BCUT2D eigenvalue weighted by Gasteiger charge is 2.23. The molecule has 0 aromatic heterocycles. The molecular weight excluding hydrogens is 295 g/mol. The molecule has 23 heavy (non-hydrogen) atoms. The van der Waals surface area contributed by atoms with E-state index in [1.54, 1.807) is 6.07 Å². The van der Waals surface area contributed by atoms with Crippen LogP contribution in [0.2, 0.25) is 0 Å². The van der Waals surface area contributed by atoms with Gasteiger partial charge in [0.05, 0.1) is 13.7 Å². The van der Waals surface area contributed by atoms with Crippen LogP contribution in [-0.4, -0.2) is 37.6 Å². The third-order valence-electron chi connectivity index (χ3n) is 4.54. The van der Waals surface area contributed by atoms with E-state index in [1.165, 1.54) is 32.4 Å². The van der Waals surface area contributed by atoms with Gasteiger partial charge in [0.2, 0.25) is 5.91 Å². The smallest absolute Gasteiger partial charge is 0.234 e. The van der Waals surface area contributed by atoms with Gasteiger partial charge >= 0.3 is 0 Å². The second-order valence-corrected chi connectivity index (χ2v) is 6.58. The Morgan fingerprint density at radius 2 is 2.13 bits per heavy atom. The van der Waals surface area contributed by atoms with Crippen molar-refractivity contribution >= 4 is 5.91 Å². The molecule has 1 aliphatic rings. The van der Waals surface area contributed by atoms with Crippen LogP contribution in [0.15, 0.2) is 18.2 Å². The summed E-state index contributed by atoms with van der Waals surface area (Å²) in [5, 5.41) is 3.14. The minimum atomic E-state index is -0.376. The highest BCUT2D eigenvalue weighted by molar-refractivity contribution is 5.78. The first kappa shape index (κ1) is 17.7. The van der Waals surface area contributed by atoms with Crippen molar-refractivity contribution in [1.29, 1.82) is 0 Å². The van der Waals surface area contributed by atoms with E-state index in [-0.39, 0.29) is 17.5 Å². The number of hydrogen-bond donors (Lipinski definition) is 1. The summed E-state index contributed by atoms with van der Waals surface area (Å²) < 4.78 is 18.6. The number of nitrogens with zero attached hydrogens (tertiary/aromatic N) is 1. The third-order valence-corrected chi connectivity index (χ3v) is 4.54. The molecule has 1 aromatic carbocycles. The van der Waals surface area contributed by atoms with Crippen molar-refractivity contribution in [3.8, 4) is 5.75 Å². The summed E-state index contributed by atoms with van der Waals surface area (Å²) in [7, 11) is 3.31. The Morgan fingerprint density at radius 1 is 1.39 bits per heavy atom. The van der Waals surface area contributed by atoms with Gasteiger partial charge in [-0.25, -0.2) is 4.39 Å². The average Bonchev–Trinajstić information content (AvgIpc) is 2.49. The van der Waals surface area contributed by atoms with Gasteiger partial charge in [-0.3, -0.25) is 9.69 Å². The summed E-state index contributed by atoms with van der Waals surface area (Å²) in [4.78, 5) is 14.1. The lowest BCUT2D eigenvalue weighted by molar-refractivity contribution is -0.123. The molecule has 0 saturated heterocycles. The third kappa shape index (κ3) is 5.20. The number of nitrogens with one attached hydrogen (secondary N) is 1. The number of hydrogen-bond acceptors (Lipinski definition) is 3. The van der Waals surface area contributed by atoms with E-state index in [0.29, 0.717) is 25.0 Å². The van der Waals surface area contributed by atoms with Crippen molar-refractivity contribution in [2.75, 3.05) is 20.7 Å². The van der Waals surface area contributed by atoms with Crippen LogP contribution >= 0.6 is 0 Å². The minimum absolute atomic E-state index is 0.0419. The fraction of sp³-hybridized carbons (Fsp3) is 0.611. The molecule has 0 spiro atoms. The quantitative estimate of drug-likeness (QED) is 0.875. The molecule has 4 nitrogen and oxygen atoms in total. The largest absolute Gasteiger partial charge is 0.494 e. The summed E-state index contributed by atoms with van der Waals surface area (Å²) in [6, 6.07) is 5.18. The van der Waals surface area contributed by atoms with Crippen LogP contribution in [-0.2, 0) is 11.3 Å². The Kier molecular flexibility index (Phi) is 6.39. The van der Waals surface area contributed by atoms with Gasteiger partial charge in [-0.05, 0) is 43.5 Å². The lowest BCUT2D eigenvalue weighted by Crippen LogP contribution is -2.44. The first-order chi connectivity index (χ1) is 11.0. The number of amides is 1. The van der Waals surface area contributed by atoms with Gasteiger partial charge in [-0.15, -0.1) is 0 Å². The van der Waals surface area contributed by atoms with Crippen LogP contribution in [0, 0.1) is 11.7 Å². The van der Waals surface area contributed by atoms with Gasteiger partial charge < -0.3 is 10.1 Å². The minimum Gasteiger partial charge on any atom is -0.494 e. The van der Waals surface area contributed by atoms with Crippen molar-refractivity contribution in [1.82, 2.24) is 10.2 Å². The monoisotopic (exact) mass is 322 g/mol. The topological polar surface area (TPSA) is 41.6 Å². The molecule has 0 radical (unpaired) electrons. The van der Waals surface area contributed by atoms with Crippen molar-refractivity contribution in [2.24, 2.45) is 5.92 Å². The maximum absolute atomic E-state index is 13.7. The highest BCUT2D eigenvalue weighted by Crippen LogP contribution is 2.23. The molecule has 1 aliphatic carbocycles. The molecule has 0 heterocycles. The van der Waals surface area contributed by atoms with Gasteiger partial charge in [0.1, 0.15) is 0 Å². The number of carbonyl (C=O) groups is 1. The molecule has 1 saturated carbocycles. The molecule has 0 aliphatic heterocycles. The van der Waals surface area contributed by atoms with E-state index in [2.05, 4.69) is 12.2 Å². The van der Waals surface area contributed by atoms with Crippen LogP contribution in [0.25, 0.3) is 0 Å². The SMILES string of the molecule is COc1ccc(CN(C)CC(=O)N[C@@H]2CCCC[C@H]2C)cc1F. The van der Waals surface area contributed by atoms with E-state index in [9.17, 15) is 9.18 Å². The van der Waals surface area contributed by atoms with E-state index in [0.717, 1.165) is 12.0 Å². The molecule has 2 atom stereocenters. The Labute approximate surface area is 138 Å². The Bertz CT molecular complexity index is 536. The van der Waals surface area contributed by atoms with Crippen molar-refractivity contribution in [3.63, 3.8) is 0 Å². The molecule has 1 amide bonds. The second-order valence-electron chi connectivity index (χ2n) is 6.58. The van der Waals surface area contributed by atoms with E-state index >= 15 is 0 Å². The Morgan fingerprint density at radius 3 is 2.78 bits per heavy atom. The van der Waals surface area contributed by atoms with Crippen LogP contribution in [0.4, 0.5) is 4.39 Å². The second kappa shape index (κ2) is 8.29. The molecule has 0 bridgehead atoms.